The molecule has 0 aromatic heterocycles. The first-order valence-electron chi connectivity index (χ1n) is 3.13. The third kappa shape index (κ3) is 3.12. The number of aliphatic carboxylic acids is 1. The molecule has 1 aromatic carbocycles. The van der Waals surface area contributed by atoms with Crippen molar-refractivity contribution in [2.75, 3.05) is 0 Å². The highest BCUT2D eigenvalue weighted by Crippen LogP contribution is 2.02. The van der Waals surface area contributed by atoms with Crippen LogP contribution in [0.25, 0.3) is 0 Å². The Morgan fingerprint density at radius 3 is 2.25 bits per heavy atom. The number of carbonyl (C=O) groups excluding carboxylic acids is 1. The number of hydrogen-bond acceptors (Lipinski definition) is 2. The number of hydrogen-bond donors (Lipinski definition) is 1. The number of halogens is 1. The molecule has 0 heterocycles. The maximum atomic E-state index is 12.3. The summed E-state index contributed by atoms with van der Waals surface area (Å²) in [4.78, 5) is 10.0. The molecule has 0 unspecified atom stereocenters. The average Bonchev–Trinajstić information content (AvgIpc) is 1.93. The van der Waals surface area contributed by atoms with Gasteiger partial charge in [-0.1, -0.05) is 12.1 Å². The Labute approximate surface area is 69.4 Å². The van der Waals surface area contributed by atoms with E-state index in [-0.39, 0.29) is 18.4 Å². The van der Waals surface area contributed by atoms with Gasteiger partial charge in [0.05, 0.1) is 0 Å². The lowest BCUT2D eigenvalue weighted by Crippen LogP contribution is -2.24. The van der Waals surface area contributed by atoms with Gasteiger partial charge in [-0.25, -0.2) is 4.39 Å². The Kier molecular flexibility index (Phi) is 3.93. The molecule has 0 radical (unpaired) electrons. The molecule has 0 saturated heterocycles. The summed E-state index contributed by atoms with van der Waals surface area (Å²) in [5.74, 6) is -1.52. The predicted molar refractivity (Wildman–Crippen MR) is 41.1 cm³/mol. The van der Waals surface area contributed by atoms with Crippen molar-refractivity contribution in [3.05, 3.63) is 35.6 Å². The second kappa shape index (κ2) is 4.46. The van der Waals surface area contributed by atoms with E-state index in [4.69, 9.17) is 0 Å². The summed E-state index contributed by atoms with van der Waals surface area (Å²) in [6.07, 6.45) is -0.166. The molecule has 1 rings (SSSR count). The van der Waals surface area contributed by atoms with Crippen LogP contribution in [-0.4, -0.2) is 5.97 Å². The first kappa shape index (κ1) is 10.6. The van der Waals surface area contributed by atoms with Gasteiger partial charge in [-0.3, -0.25) is 0 Å². The largest absolute Gasteiger partial charge is 0.550 e. The number of carboxylic acids is 1. The highest BCUT2D eigenvalue weighted by atomic mass is 19.1. The molecule has 0 fully saturated rings. The van der Waals surface area contributed by atoms with E-state index in [0.717, 1.165) is 0 Å². The summed E-state index contributed by atoms with van der Waals surface area (Å²) in [7, 11) is 0. The highest BCUT2D eigenvalue weighted by molar-refractivity contribution is 5.67. The monoisotopic (exact) mass is 171 g/mol. The molecule has 0 aliphatic rings. The van der Waals surface area contributed by atoms with Crippen LogP contribution in [0.4, 0.5) is 4.39 Å². The van der Waals surface area contributed by atoms with Gasteiger partial charge in [0.1, 0.15) is 5.82 Å². The molecule has 3 nitrogen and oxygen atoms in total. The van der Waals surface area contributed by atoms with Crippen molar-refractivity contribution in [3.8, 4) is 0 Å². The van der Waals surface area contributed by atoms with Crippen molar-refractivity contribution in [1.82, 2.24) is 6.15 Å². The predicted octanol–water partition coefficient (Wildman–Crippen LogP) is 0.494. The molecule has 4 N–H and O–H groups in total. The lowest BCUT2D eigenvalue weighted by Gasteiger charge is -2.00. The Morgan fingerprint density at radius 2 is 1.83 bits per heavy atom. The normalized spacial score (nSPS) is 8.75. The van der Waals surface area contributed by atoms with Gasteiger partial charge < -0.3 is 16.1 Å². The van der Waals surface area contributed by atoms with Gasteiger partial charge in [0.2, 0.25) is 0 Å². The van der Waals surface area contributed by atoms with Crippen LogP contribution in [0.1, 0.15) is 5.56 Å². The van der Waals surface area contributed by atoms with Gasteiger partial charge in [-0.2, -0.15) is 0 Å². The zero-order chi connectivity index (χ0) is 8.27. The van der Waals surface area contributed by atoms with Crippen molar-refractivity contribution in [3.63, 3.8) is 0 Å². The summed E-state index contributed by atoms with van der Waals surface area (Å²) in [6, 6.07) is 5.28. The smallest absolute Gasteiger partial charge is 0.123 e. The van der Waals surface area contributed by atoms with Gasteiger partial charge in [-0.15, -0.1) is 0 Å². The third-order valence-electron chi connectivity index (χ3n) is 1.26. The summed E-state index contributed by atoms with van der Waals surface area (Å²) in [5, 5.41) is 10.0. The first-order valence-corrected chi connectivity index (χ1v) is 3.13. The maximum Gasteiger partial charge on any atom is 0.123 e. The molecule has 0 amide bonds. The minimum Gasteiger partial charge on any atom is -0.550 e. The van der Waals surface area contributed by atoms with E-state index in [9.17, 15) is 14.3 Å². The summed E-state index contributed by atoms with van der Waals surface area (Å²) in [5.41, 5.74) is 0.548. The molecule has 1 aromatic rings. The zero-order valence-corrected chi connectivity index (χ0v) is 6.71. The Morgan fingerprint density at radius 1 is 1.33 bits per heavy atom. The fourth-order valence-electron chi connectivity index (χ4n) is 0.769. The summed E-state index contributed by atoms with van der Waals surface area (Å²) < 4.78 is 12.3. The summed E-state index contributed by atoms with van der Waals surface area (Å²) in [6.45, 7) is 0. The molecule has 0 aliphatic heterocycles. The maximum absolute atomic E-state index is 12.3. The van der Waals surface area contributed by atoms with E-state index in [1.807, 2.05) is 0 Å². The molecule has 4 heteroatoms. The van der Waals surface area contributed by atoms with E-state index in [0.29, 0.717) is 5.56 Å². The van der Waals surface area contributed by atoms with Crippen LogP contribution in [0.3, 0.4) is 0 Å². The van der Waals surface area contributed by atoms with E-state index in [2.05, 4.69) is 0 Å². The lowest BCUT2D eigenvalue weighted by atomic mass is 10.1. The lowest BCUT2D eigenvalue weighted by molar-refractivity contribution is -0.304. The molecular formula is C8H10FNO2. The molecule has 0 saturated carbocycles. The Hall–Kier alpha value is -1.42. The molecule has 12 heavy (non-hydrogen) atoms. The van der Waals surface area contributed by atoms with Crippen LogP contribution >= 0.6 is 0 Å². The molecule has 0 spiro atoms. The molecule has 0 atom stereocenters. The second-order valence-corrected chi connectivity index (χ2v) is 2.18. The van der Waals surface area contributed by atoms with Crippen LogP contribution in [0.5, 0.6) is 0 Å². The SMILES string of the molecule is O=C([O-])Cc1ccc(F)cc1.[NH4+]. The molecule has 0 bridgehead atoms. The van der Waals surface area contributed by atoms with Crippen LogP contribution in [0.15, 0.2) is 24.3 Å². The standard InChI is InChI=1S/C8H7FO2.H3N/c9-7-3-1-6(2-4-7)5-8(10)11;/h1-4H,5H2,(H,10,11);1H3. The van der Waals surface area contributed by atoms with Crippen molar-refractivity contribution < 1.29 is 14.3 Å². The van der Waals surface area contributed by atoms with Gasteiger partial charge in [0.25, 0.3) is 0 Å². The Bertz CT molecular complexity index is 258. The van der Waals surface area contributed by atoms with Gasteiger partial charge in [-0.05, 0) is 17.7 Å². The number of quaternary nitrogens is 1. The van der Waals surface area contributed by atoms with Crippen molar-refractivity contribution in [2.45, 2.75) is 6.42 Å². The number of benzene rings is 1. The fraction of sp³-hybridized carbons (Fsp3) is 0.125. The van der Waals surface area contributed by atoms with Gasteiger partial charge >= 0.3 is 0 Å². The minimum absolute atomic E-state index is 0. The average molecular weight is 171 g/mol. The van der Waals surface area contributed by atoms with E-state index < -0.39 is 5.97 Å². The number of rotatable bonds is 2. The second-order valence-electron chi connectivity index (χ2n) is 2.18. The molecule has 66 valence electrons. The minimum atomic E-state index is -1.16. The van der Waals surface area contributed by atoms with Crippen LogP contribution in [-0.2, 0) is 11.2 Å². The van der Waals surface area contributed by atoms with Crippen LogP contribution < -0.4 is 11.3 Å². The number of carboxylic acid groups (broad SMARTS) is 1. The highest BCUT2D eigenvalue weighted by Gasteiger charge is 1.92. The van der Waals surface area contributed by atoms with Gasteiger partial charge in [0.15, 0.2) is 0 Å². The van der Waals surface area contributed by atoms with Crippen LogP contribution in [0, 0.1) is 5.82 Å². The van der Waals surface area contributed by atoms with Crippen molar-refractivity contribution >= 4 is 5.97 Å². The summed E-state index contributed by atoms with van der Waals surface area (Å²) >= 11 is 0. The quantitative estimate of drug-likeness (QED) is 0.703. The fourth-order valence-corrected chi connectivity index (χ4v) is 0.769. The van der Waals surface area contributed by atoms with Crippen molar-refractivity contribution in [2.24, 2.45) is 0 Å². The van der Waals surface area contributed by atoms with Gasteiger partial charge in [0, 0.05) is 12.4 Å². The topological polar surface area (TPSA) is 76.6 Å². The molecule has 0 aliphatic carbocycles. The van der Waals surface area contributed by atoms with E-state index in [1.165, 1.54) is 24.3 Å². The first-order chi connectivity index (χ1) is 5.18. The third-order valence-corrected chi connectivity index (χ3v) is 1.26. The van der Waals surface area contributed by atoms with E-state index >= 15 is 0 Å². The van der Waals surface area contributed by atoms with Crippen LogP contribution in [0.2, 0.25) is 0 Å². The van der Waals surface area contributed by atoms with Crippen molar-refractivity contribution in [1.29, 1.82) is 0 Å². The molecular weight excluding hydrogens is 161 g/mol. The Balaban J connectivity index is 0.00000121. The van der Waals surface area contributed by atoms with E-state index in [1.54, 1.807) is 0 Å². The zero-order valence-electron chi connectivity index (χ0n) is 6.71. The number of carbonyl (C=O) groups is 1.